The number of nitrogens with zero attached hydrogens (tertiary/aromatic N) is 1. The van der Waals surface area contributed by atoms with E-state index in [2.05, 4.69) is 10.2 Å². The second-order valence-corrected chi connectivity index (χ2v) is 5.81. The maximum absolute atomic E-state index is 12.2. The van der Waals surface area contributed by atoms with Gasteiger partial charge in [-0.25, -0.2) is 0 Å². The van der Waals surface area contributed by atoms with Gasteiger partial charge in [-0.1, -0.05) is 19.3 Å². The molecule has 0 radical (unpaired) electrons. The molecule has 4 heteroatoms. The first-order valence-electron chi connectivity index (χ1n) is 7.39. The third kappa shape index (κ3) is 3.69. The molecule has 1 saturated carbocycles. The molecule has 2 fully saturated rings. The first-order chi connectivity index (χ1) is 8.66. The van der Waals surface area contributed by atoms with Crippen molar-refractivity contribution in [3.8, 4) is 0 Å². The number of hydrogen-bond donors (Lipinski definition) is 2. The number of piperidine rings is 1. The summed E-state index contributed by atoms with van der Waals surface area (Å²) >= 11 is 0. The summed E-state index contributed by atoms with van der Waals surface area (Å²) in [7, 11) is 0. The molecule has 1 saturated heterocycles. The monoisotopic (exact) mass is 254 g/mol. The maximum Gasteiger partial charge on any atom is 0.237 e. The topological polar surface area (TPSA) is 52.6 Å². The van der Waals surface area contributed by atoms with Gasteiger partial charge in [-0.3, -0.25) is 9.69 Å². The molecule has 0 aromatic carbocycles. The number of aliphatic hydroxyl groups is 1. The lowest BCUT2D eigenvalue weighted by molar-refractivity contribution is -0.127. The summed E-state index contributed by atoms with van der Waals surface area (Å²) in [5, 5.41) is 12.8. The molecule has 2 unspecified atom stereocenters. The van der Waals surface area contributed by atoms with Gasteiger partial charge in [0, 0.05) is 12.6 Å². The van der Waals surface area contributed by atoms with Crippen LogP contribution in [0.25, 0.3) is 0 Å². The Morgan fingerprint density at radius 2 is 1.94 bits per heavy atom. The van der Waals surface area contributed by atoms with Crippen LogP contribution in [0.2, 0.25) is 0 Å². The van der Waals surface area contributed by atoms with Crippen molar-refractivity contribution in [3.05, 3.63) is 0 Å². The minimum absolute atomic E-state index is 0.109. The molecule has 2 aliphatic rings. The first-order valence-corrected chi connectivity index (χ1v) is 7.39. The third-order valence-electron chi connectivity index (χ3n) is 4.31. The fraction of sp³-hybridized carbons (Fsp3) is 0.929. The molecule has 1 aliphatic carbocycles. The average molecular weight is 254 g/mol. The number of rotatable bonds is 3. The minimum Gasteiger partial charge on any atom is -0.392 e. The normalized spacial score (nSPS) is 28.9. The molecule has 2 N–H and O–H groups in total. The molecule has 1 amide bonds. The van der Waals surface area contributed by atoms with Gasteiger partial charge in [-0.05, 0) is 39.2 Å². The second-order valence-electron chi connectivity index (χ2n) is 5.81. The van der Waals surface area contributed by atoms with E-state index >= 15 is 0 Å². The molecule has 0 spiro atoms. The molecule has 18 heavy (non-hydrogen) atoms. The van der Waals surface area contributed by atoms with Gasteiger partial charge in [0.05, 0.1) is 12.1 Å². The van der Waals surface area contributed by atoms with Crippen LogP contribution < -0.4 is 5.32 Å². The molecular formula is C14H26N2O2. The van der Waals surface area contributed by atoms with Crippen LogP contribution in [0.5, 0.6) is 0 Å². The van der Waals surface area contributed by atoms with Crippen LogP contribution in [0.15, 0.2) is 0 Å². The van der Waals surface area contributed by atoms with Crippen molar-refractivity contribution < 1.29 is 9.90 Å². The number of hydrogen-bond acceptors (Lipinski definition) is 3. The number of aliphatic hydroxyl groups excluding tert-OH is 1. The van der Waals surface area contributed by atoms with Crippen molar-refractivity contribution in [1.82, 2.24) is 10.2 Å². The van der Waals surface area contributed by atoms with Gasteiger partial charge in [0.2, 0.25) is 5.91 Å². The van der Waals surface area contributed by atoms with Gasteiger partial charge >= 0.3 is 0 Å². The Kier molecular flexibility index (Phi) is 5.01. The standard InChI is InChI=1S/C14H26N2O2/c1-11(16-9-5-8-13(17)10-16)14(18)15-12-6-3-2-4-7-12/h11-13,17H,2-10H2,1H3,(H,15,18). The van der Waals surface area contributed by atoms with E-state index in [-0.39, 0.29) is 18.1 Å². The van der Waals surface area contributed by atoms with E-state index in [1.807, 2.05) is 6.92 Å². The van der Waals surface area contributed by atoms with Gasteiger partial charge in [-0.2, -0.15) is 0 Å². The number of carbonyl (C=O) groups is 1. The smallest absolute Gasteiger partial charge is 0.237 e. The number of β-amino-alcohol motifs (C(OH)–C–C–N with tert-alkyl or cyclic N) is 1. The van der Waals surface area contributed by atoms with Crippen LogP contribution in [0.1, 0.15) is 51.9 Å². The van der Waals surface area contributed by atoms with Gasteiger partial charge in [0.25, 0.3) is 0 Å². The SMILES string of the molecule is CC(C(=O)NC1CCCCC1)N1CCCC(O)C1. The van der Waals surface area contributed by atoms with Crippen LogP contribution in [-0.4, -0.2) is 47.2 Å². The van der Waals surface area contributed by atoms with E-state index < -0.39 is 0 Å². The lowest BCUT2D eigenvalue weighted by Gasteiger charge is -2.35. The van der Waals surface area contributed by atoms with Crippen molar-refractivity contribution in [2.45, 2.75) is 70.1 Å². The summed E-state index contributed by atoms with van der Waals surface area (Å²) in [6.45, 7) is 3.52. The molecule has 1 heterocycles. The molecule has 4 nitrogen and oxygen atoms in total. The summed E-state index contributed by atoms with van der Waals surface area (Å²) < 4.78 is 0. The molecule has 0 aromatic rings. The van der Waals surface area contributed by atoms with Crippen LogP contribution >= 0.6 is 0 Å². The zero-order valence-corrected chi connectivity index (χ0v) is 11.4. The Morgan fingerprint density at radius 1 is 1.22 bits per heavy atom. The zero-order chi connectivity index (χ0) is 13.0. The molecule has 0 aromatic heterocycles. The molecule has 2 atom stereocenters. The Balaban J connectivity index is 1.79. The highest BCUT2D eigenvalue weighted by Crippen LogP contribution is 2.18. The van der Waals surface area contributed by atoms with Gasteiger partial charge in [-0.15, -0.1) is 0 Å². The molecule has 1 aliphatic heterocycles. The highest BCUT2D eigenvalue weighted by molar-refractivity contribution is 5.81. The quantitative estimate of drug-likeness (QED) is 0.798. The van der Waals surface area contributed by atoms with Crippen LogP contribution in [0.3, 0.4) is 0 Å². The number of amides is 1. The zero-order valence-electron chi connectivity index (χ0n) is 11.4. The van der Waals surface area contributed by atoms with Crippen LogP contribution in [-0.2, 0) is 4.79 Å². The van der Waals surface area contributed by atoms with E-state index in [4.69, 9.17) is 0 Å². The lowest BCUT2D eigenvalue weighted by atomic mass is 9.95. The van der Waals surface area contributed by atoms with Crippen molar-refractivity contribution in [1.29, 1.82) is 0 Å². The van der Waals surface area contributed by atoms with E-state index in [0.717, 1.165) is 32.2 Å². The fourth-order valence-electron chi connectivity index (χ4n) is 3.07. The largest absolute Gasteiger partial charge is 0.392 e. The van der Waals surface area contributed by atoms with E-state index in [1.165, 1.54) is 19.3 Å². The first kappa shape index (κ1) is 13.8. The predicted molar refractivity (Wildman–Crippen MR) is 71.3 cm³/mol. The fourth-order valence-corrected chi connectivity index (χ4v) is 3.07. The Hall–Kier alpha value is -0.610. The molecule has 104 valence electrons. The summed E-state index contributed by atoms with van der Waals surface area (Å²) in [6, 6.07) is 0.269. The van der Waals surface area contributed by atoms with Crippen molar-refractivity contribution in [2.75, 3.05) is 13.1 Å². The van der Waals surface area contributed by atoms with Gasteiger partial charge in [0.15, 0.2) is 0 Å². The average Bonchev–Trinajstić information content (AvgIpc) is 2.39. The van der Waals surface area contributed by atoms with Crippen LogP contribution in [0, 0.1) is 0 Å². The highest BCUT2D eigenvalue weighted by atomic mass is 16.3. The van der Waals surface area contributed by atoms with Crippen LogP contribution in [0.4, 0.5) is 0 Å². The minimum atomic E-state index is -0.260. The van der Waals surface area contributed by atoms with Crippen molar-refractivity contribution in [2.24, 2.45) is 0 Å². The maximum atomic E-state index is 12.2. The van der Waals surface area contributed by atoms with E-state index in [0.29, 0.717) is 12.6 Å². The highest BCUT2D eigenvalue weighted by Gasteiger charge is 2.27. The molecular weight excluding hydrogens is 228 g/mol. The molecule has 2 rings (SSSR count). The predicted octanol–water partition coefficient (Wildman–Crippen LogP) is 1.28. The summed E-state index contributed by atoms with van der Waals surface area (Å²) in [5.41, 5.74) is 0. The van der Waals surface area contributed by atoms with E-state index in [9.17, 15) is 9.90 Å². The Labute approximate surface area is 110 Å². The number of carbonyl (C=O) groups excluding carboxylic acids is 1. The summed E-state index contributed by atoms with van der Waals surface area (Å²) in [6.07, 6.45) is 7.63. The van der Waals surface area contributed by atoms with Gasteiger partial charge < -0.3 is 10.4 Å². The van der Waals surface area contributed by atoms with E-state index in [1.54, 1.807) is 0 Å². The second kappa shape index (κ2) is 6.53. The third-order valence-corrected chi connectivity index (χ3v) is 4.31. The summed E-state index contributed by atoms with van der Waals surface area (Å²) in [4.78, 5) is 14.3. The van der Waals surface area contributed by atoms with Gasteiger partial charge in [0.1, 0.15) is 0 Å². The lowest BCUT2D eigenvalue weighted by Crippen LogP contribution is -2.52. The number of nitrogens with one attached hydrogen (secondary N) is 1. The Bertz CT molecular complexity index is 277. The number of likely N-dealkylation sites (tertiary alicyclic amines) is 1. The van der Waals surface area contributed by atoms with Crippen molar-refractivity contribution >= 4 is 5.91 Å². The molecule has 0 bridgehead atoms. The summed E-state index contributed by atoms with van der Waals surface area (Å²) in [5.74, 6) is 0.135. The Morgan fingerprint density at radius 3 is 2.61 bits per heavy atom. The van der Waals surface area contributed by atoms with Crippen molar-refractivity contribution in [3.63, 3.8) is 0 Å².